The highest BCUT2D eigenvalue weighted by atomic mass is 16.5. The Morgan fingerprint density at radius 3 is 2.80 bits per heavy atom. The first-order valence-electron chi connectivity index (χ1n) is 8.89. The number of amidine groups is 1. The van der Waals surface area contributed by atoms with Gasteiger partial charge in [-0.2, -0.15) is 0 Å². The minimum atomic E-state index is -0.691. The topological polar surface area (TPSA) is 50.7 Å². The number of aliphatic imine (C=N–C) groups is 1. The number of hydrogen-bond acceptors (Lipinski definition) is 3. The van der Waals surface area contributed by atoms with Gasteiger partial charge in [-0.15, -0.1) is 0 Å². The lowest BCUT2D eigenvalue weighted by atomic mass is 9.66. The van der Waals surface area contributed by atoms with Crippen molar-refractivity contribution >= 4 is 11.7 Å². The number of hydrogen-bond donors (Lipinski definition) is 1. The summed E-state index contributed by atoms with van der Waals surface area (Å²) in [4.78, 5) is 17.6. The molecular weight excluding hydrogens is 312 g/mol. The average molecular weight is 332 g/mol. The van der Waals surface area contributed by atoms with Gasteiger partial charge in [-0.25, -0.2) is 0 Å². The lowest BCUT2D eigenvalue weighted by Gasteiger charge is -2.42. The van der Waals surface area contributed by atoms with E-state index in [0.29, 0.717) is 24.8 Å². The Bertz CT molecular complexity index is 914. The van der Waals surface area contributed by atoms with Crippen LogP contribution in [0.5, 0.6) is 5.75 Å². The number of para-hydroxylation sites is 1. The first-order valence-corrected chi connectivity index (χ1v) is 8.89. The first-order chi connectivity index (χ1) is 12.2. The van der Waals surface area contributed by atoms with Crippen molar-refractivity contribution < 1.29 is 9.53 Å². The van der Waals surface area contributed by atoms with E-state index in [4.69, 9.17) is 4.74 Å². The molecule has 1 saturated carbocycles. The molecule has 0 saturated heterocycles. The highest BCUT2D eigenvalue weighted by Gasteiger charge is 2.50. The van der Waals surface area contributed by atoms with Gasteiger partial charge in [0.1, 0.15) is 17.0 Å². The van der Waals surface area contributed by atoms with Gasteiger partial charge in [-0.1, -0.05) is 36.4 Å². The van der Waals surface area contributed by atoms with Gasteiger partial charge in [0.2, 0.25) is 5.91 Å². The summed E-state index contributed by atoms with van der Waals surface area (Å²) < 4.78 is 5.85. The normalized spacial score (nSPS) is 26.0. The molecule has 0 bridgehead atoms. The van der Waals surface area contributed by atoms with E-state index >= 15 is 0 Å². The smallest absolute Gasteiger partial charge is 0.240 e. The molecule has 2 aliphatic heterocycles. The van der Waals surface area contributed by atoms with Gasteiger partial charge in [-0.05, 0) is 36.0 Å². The van der Waals surface area contributed by atoms with Crippen molar-refractivity contribution in [2.24, 2.45) is 4.99 Å². The van der Waals surface area contributed by atoms with Gasteiger partial charge in [0.25, 0.3) is 0 Å². The van der Waals surface area contributed by atoms with Crippen LogP contribution in [0.15, 0.2) is 47.5 Å². The number of nitrogens with one attached hydrogen (secondary N) is 1. The van der Waals surface area contributed by atoms with Crippen molar-refractivity contribution in [1.82, 2.24) is 5.32 Å². The number of nitrogens with zero attached hydrogens (tertiary/aromatic N) is 1. The van der Waals surface area contributed by atoms with Crippen LogP contribution in [0.2, 0.25) is 0 Å². The van der Waals surface area contributed by atoms with Crippen LogP contribution in [0.3, 0.4) is 0 Å². The predicted octanol–water partition coefficient (Wildman–Crippen LogP) is 3.14. The van der Waals surface area contributed by atoms with E-state index in [-0.39, 0.29) is 5.91 Å². The maximum absolute atomic E-state index is 13.3. The fourth-order valence-corrected chi connectivity index (χ4v) is 4.28. The van der Waals surface area contributed by atoms with E-state index in [0.717, 1.165) is 22.4 Å². The summed E-state index contributed by atoms with van der Waals surface area (Å²) >= 11 is 0. The number of rotatable bonds is 1. The SMILES string of the molecule is CN=C1NC(=O)[C@]2(CCOc3ccccc32)c2cc(C3CC3)ccc21. The highest BCUT2D eigenvalue weighted by molar-refractivity contribution is 6.17. The second-order valence-electron chi connectivity index (χ2n) is 7.11. The lowest BCUT2D eigenvalue weighted by molar-refractivity contribution is -0.125. The molecule has 0 radical (unpaired) electrons. The molecule has 1 N–H and O–H groups in total. The number of carbonyl (C=O) groups excluding carboxylic acids is 1. The van der Waals surface area contributed by atoms with Gasteiger partial charge in [0, 0.05) is 24.6 Å². The molecule has 1 fully saturated rings. The zero-order valence-corrected chi connectivity index (χ0v) is 14.2. The molecular formula is C21H20N2O2. The molecule has 2 aromatic rings. The minimum Gasteiger partial charge on any atom is -0.493 e. The standard InChI is InChI=1S/C21H20N2O2/c1-22-19-15-9-8-14(13-6-7-13)12-17(15)21(20(24)23-19)10-11-25-18-5-3-2-4-16(18)21/h2-5,8-9,12-13H,6-7,10-11H2,1H3,(H,22,23,24)/t21-/m0/s1. The van der Waals surface area contributed by atoms with Crippen molar-refractivity contribution in [2.45, 2.75) is 30.6 Å². The monoisotopic (exact) mass is 332 g/mol. The van der Waals surface area contributed by atoms with Gasteiger partial charge >= 0.3 is 0 Å². The van der Waals surface area contributed by atoms with E-state index in [9.17, 15) is 4.79 Å². The third-order valence-electron chi connectivity index (χ3n) is 5.73. The summed E-state index contributed by atoms with van der Waals surface area (Å²) in [5, 5.41) is 3.04. The molecule has 4 heteroatoms. The molecule has 3 aliphatic rings. The number of benzene rings is 2. The molecule has 0 unspecified atom stereocenters. The van der Waals surface area contributed by atoms with E-state index in [1.54, 1.807) is 7.05 Å². The molecule has 0 aromatic heterocycles. The summed E-state index contributed by atoms with van der Waals surface area (Å²) in [5.41, 5.74) is 3.72. The Hall–Kier alpha value is -2.62. The quantitative estimate of drug-likeness (QED) is 0.872. The van der Waals surface area contributed by atoms with E-state index in [2.05, 4.69) is 28.5 Å². The van der Waals surface area contributed by atoms with Crippen LogP contribution < -0.4 is 10.1 Å². The van der Waals surface area contributed by atoms with Gasteiger partial charge in [0.05, 0.1) is 6.61 Å². The molecule has 126 valence electrons. The Kier molecular flexibility index (Phi) is 3.05. The first kappa shape index (κ1) is 14.7. The highest BCUT2D eigenvalue weighted by Crippen LogP contribution is 2.49. The molecule has 25 heavy (non-hydrogen) atoms. The Morgan fingerprint density at radius 1 is 1.16 bits per heavy atom. The van der Waals surface area contributed by atoms with Gasteiger partial charge in [-0.3, -0.25) is 9.79 Å². The van der Waals surface area contributed by atoms with E-state index in [1.165, 1.54) is 18.4 Å². The zero-order chi connectivity index (χ0) is 17.0. The molecule has 4 nitrogen and oxygen atoms in total. The van der Waals surface area contributed by atoms with Crippen LogP contribution in [-0.2, 0) is 10.2 Å². The second-order valence-corrected chi connectivity index (χ2v) is 7.11. The number of fused-ring (bicyclic) bond motifs is 4. The Labute approximate surface area is 146 Å². The minimum absolute atomic E-state index is 0.00398. The lowest BCUT2D eigenvalue weighted by Crippen LogP contribution is -2.54. The molecule has 1 atom stereocenters. The maximum Gasteiger partial charge on any atom is 0.240 e. The van der Waals surface area contributed by atoms with Crippen LogP contribution in [0.1, 0.15) is 47.4 Å². The van der Waals surface area contributed by atoms with Crippen molar-refractivity contribution in [1.29, 1.82) is 0 Å². The zero-order valence-electron chi connectivity index (χ0n) is 14.2. The van der Waals surface area contributed by atoms with Gasteiger partial charge < -0.3 is 10.1 Å². The van der Waals surface area contributed by atoms with Gasteiger partial charge in [0.15, 0.2) is 0 Å². The van der Waals surface area contributed by atoms with Crippen LogP contribution in [-0.4, -0.2) is 25.4 Å². The predicted molar refractivity (Wildman–Crippen MR) is 96.4 cm³/mol. The average Bonchev–Trinajstić information content (AvgIpc) is 3.50. The molecule has 2 heterocycles. The van der Waals surface area contributed by atoms with Crippen LogP contribution in [0.25, 0.3) is 0 Å². The summed E-state index contributed by atoms with van der Waals surface area (Å²) in [6, 6.07) is 14.5. The van der Waals surface area contributed by atoms with Crippen molar-refractivity contribution in [2.75, 3.05) is 13.7 Å². The number of ether oxygens (including phenoxy) is 1. The Balaban J connectivity index is 1.81. The van der Waals surface area contributed by atoms with Crippen molar-refractivity contribution in [3.8, 4) is 5.75 Å². The van der Waals surface area contributed by atoms with E-state index in [1.807, 2.05) is 24.3 Å². The summed E-state index contributed by atoms with van der Waals surface area (Å²) in [6.07, 6.45) is 3.13. The fraction of sp³-hybridized carbons (Fsp3) is 0.333. The summed E-state index contributed by atoms with van der Waals surface area (Å²) in [6.45, 7) is 0.538. The fourth-order valence-electron chi connectivity index (χ4n) is 4.28. The molecule has 1 amide bonds. The Morgan fingerprint density at radius 2 is 2.00 bits per heavy atom. The largest absolute Gasteiger partial charge is 0.493 e. The number of carbonyl (C=O) groups is 1. The van der Waals surface area contributed by atoms with Crippen LogP contribution >= 0.6 is 0 Å². The third-order valence-corrected chi connectivity index (χ3v) is 5.73. The van der Waals surface area contributed by atoms with E-state index < -0.39 is 5.41 Å². The number of amides is 1. The molecule has 5 rings (SSSR count). The molecule has 1 spiro atoms. The van der Waals surface area contributed by atoms with Crippen LogP contribution in [0, 0.1) is 0 Å². The summed E-state index contributed by atoms with van der Waals surface area (Å²) in [5.74, 6) is 2.12. The summed E-state index contributed by atoms with van der Waals surface area (Å²) in [7, 11) is 1.73. The van der Waals surface area contributed by atoms with Crippen molar-refractivity contribution in [3.63, 3.8) is 0 Å². The third kappa shape index (κ3) is 2.00. The second kappa shape index (κ2) is 5.19. The maximum atomic E-state index is 13.3. The van der Waals surface area contributed by atoms with Crippen molar-refractivity contribution in [3.05, 3.63) is 64.7 Å². The molecule has 1 aliphatic carbocycles. The van der Waals surface area contributed by atoms with Crippen LogP contribution in [0.4, 0.5) is 0 Å². The molecule has 2 aromatic carbocycles.